The van der Waals surface area contributed by atoms with Gasteiger partial charge in [0.25, 0.3) is 0 Å². The van der Waals surface area contributed by atoms with Crippen molar-refractivity contribution in [2.24, 2.45) is 23.2 Å². The highest BCUT2D eigenvalue weighted by atomic mass is 16.6. The fourth-order valence-electron chi connectivity index (χ4n) is 4.38. The van der Waals surface area contributed by atoms with E-state index in [9.17, 15) is 4.79 Å². The molecule has 2 aliphatic carbocycles. The summed E-state index contributed by atoms with van der Waals surface area (Å²) in [5, 5.41) is 0. The van der Waals surface area contributed by atoms with Crippen LogP contribution in [0.3, 0.4) is 0 Å². The summed E-state index contributed by atoms with van der Waals surface area (Å²) >= 11 is 0. The van der Waals surface area contributed by atoms with Gasteiger partial charge in [-0.1, -0.05) is 26.0 Å². The van der Waals surface area contributed by atoms with Crippen LogP contribution in [0.4, 0.5) is 0 Å². The number of hydrogen-bond acceptors (Lipinski definition) is 2. The van der Waals surface area contributed by atoms with E-state index in [4.69, 9.17) is 4.74 Å². The van der Waals surface area contributed by atoms with Gasteiger partial charge in [-0.25, -0.2) is 0 Å². The lowest BCUT2D eigenvalue weighted by Gasteiger charge is -2.49. The van der Waals surface area contributed by atoms with Gasteiger partial charge in [0.1, 0.15) is 6.10 Å². The van der Waals surface area contributed by atoms with Crippen LogP contribution < -0.4 is 0 Å². The van der Waals surface area contributed by atoms with Gasteiger partial charge in [0.15, 0.2) is 0 Å². The van der Waals surface area contributed by atoms with Crippen LogP contribution in [-0.4, -0.2) is 12.1 Å². The third-order valence-electron chi connectivity index (χ3n) is 5.51. The van der Waals surface area contributed by atoms with Crippen molar-refractivity contribution >= 4 is 5.97 Å². The van der Waals surface area contributed by atoms with Crippen molar-refractivity contribution < 1.29 is 9.53 Å². The lowest BCUT2D eigenvalue weighted by Crippen LogP contribution is -2.44. The molecule has 0 unspecified atom stereocenters. The number of esters is 1. The van der Waals surface area contributed by atoms with E-state index >= 15 is 0 Å². The maximum absolute atomic E-state index is 11.7. The van der Waals surface area contributed by atoms with Crippen LogP contribution in [0.5, 0.6) is 0 Å². The zero-order valence-electron chi connectivity index (χ0n) is 10.9. The quantitative estimate of drug-likeness (QED) is 0.475. The molecule has 2 heteroatoms. The van der Waals surface area contributed by atoms with E-state index in [0.29, 0.717) is 17.3 Å². The van der Waals surface area contributed by atoms with Crippen LogP contribution in [0.1, 0.15) is 46.0 Å². The summed E-state index contributed by atoms with van der Waals surface area (Å²) in [6.45, 7) is 8.68. The predicted molar refractivity (Wildman–Crippen MR) is 66.4 cm³/mol. The number of hydrogen-bond donors (Lipinski definition) is 0. The molecule has 1 aliphatic heterocycles. The first-order valence-corrected chi connectivity index (χ1v) is 6.89. The van der Waals surface area contributed by atoms with Gasteiger partial charge < -0.3 is 4.74 Å². The van der Waals surface area contributed by atoms with Crippen LogP contribution in [0.15, 0.2) is 12.2 Å². The molecular weight excluding hydrogens is 212 g/mol. The SMILES string of the molecule is C=C1CCC[C@@]2(C)C[C@@H]3OC(=O)[C@@H](C)[C@@H]3C[C@H]12. The molecule has 1 saturated heterocycles. The third-order valence-corrected chi connectivity index (χ3v) is 5.51. The molecule has 3 fully saturated rings. The van der Waals surface area contributed by atoms with Crippen molar-refractivity contribution in [3.63, 3.8) is 0 Å². The molecule has 0 aromatic heterocycles. The first kappa shape index (κ1) is 11.3. The molecule has 0 aromatic rings. The van der Waals surface area contributed by atoms with E-state index in [1.54, 1.807) is 0 Å². The first-order chi connectivity index (χ1) is 8.01. The van der Waals surface area contributed by atoms with Crippen molar-refractivity contribution in [3.05, 3.63) is 12.2 Å². The minimum Gasteiger partial charge on any atom is -0.462 e. The monoisotopic (exact) mass is 234 g/mol. The Balaban J connectivity index is 1.88. The number of ether oxygens (including phenoxy) is 1. The number of fused-ring (bicyclic) bond motifs is 2. The molecule has 2 saturated carbocycles. The molecule has 5 atom stereocenters. The normalized spacial score (nSPS) is 49.5. The zero-order chi connectivity index (χ0) is 12.2. The summed E-state index contributed by atoms with van der Waals surface area (Å²) in [5.41, 5.74) is 1.75. The zero-order valence-corrected chi connectivity index (χ0v) is 10.9. The number of carbonyl (C=O) groups excluding carboxylic acids is 1. The molecule has 3 aliphatic rings. The molecule has 0 aromatic carbocycles. The van der Waals surface area contributed by atoms with Gasteiger partial charge in [-0.05, 0) is 43.4 Å². The van der Waals surface area contributed by atoms with Crippen LogP contribution in [0.25, 0.3) is 0 Å². The maximum Gasteiger partial charge on any atom is 0.309 e. The minimum atomic E-state index is 0.0212. The molecule has 0 amide bonds. The van der Waals surface area contributed by atoms with Crippen LogP contribution in [0.2, 0.25) is 0 Å². The Morgan fingerprint density at radius 3 is 3.00 bits per heavy atom. The molecule has 94 valence electrons. The Morgan fingerprint density at radius 2 is 2.24 bits per heavy atom. The van der Waals surface area contributed by atoms with E-state index in [-0.39, 0.29) is 18.0 Å². The highest BCUT2D eigenvalue weighted by Crippen LogP contribution is 2.56. The van der Waals surface area contributed by atoms with Gasteiger partial charge in [-0.2, -0.15) is 0 Å². The van der Waals surface area contributed by atoms with E-state index in [2.05, 4.69) is 13.5 Å². The lowest BCUT2D eigenvalue weighted by atomic mass is 9.55. The second kappa shape index (κ2) is 3.60. The molecule has 0 spiro atoms. The molecule has 2 nitrogen and oxygen atoms in total. The highest BCUT2D eigenvalue weighted by molar-refractivity contribution is 5.75. The largest absolute Gasteiger partial charge is 0.462 e. The Hall–Kier alpha value is -0.790. The van der Waals surface area contributed by atoms with Crippen molar-refractivity contribution in [1.29, 1.82) is 0 Å². The fourth-order valence-corrected chi connectivity index (χ4v) is 4.38. The molecule has 1 heterocycles. The minimum absolute atomic E-state index is 0.0212. The first-order valence-electron chi connectivity index (χ1n) is 6.89. The van der Waals surface area contributed by atoms with Crippen molar-refractivity contribution in [1.82, 2.24) is 0 Å². The van der Waals surface area contributed by atoms with Gasteiger partial charge in [0, 0.05) is 5.92 Å². The highest BCUT2D eigenvalue weighted by Gasteiger charge is 2.53. The van der Waals surface area contributed by atoms with E-state index in [1.807, 2.05) is 6.92 Å². The summed E-state index contributed by atoms with van der Waals surface area (Å²) in [6, 6.07) is 0. The van der Waals surface area contributed by atoms with Crippen molar-refractivity contribution in [3.8, 4) is 0 Å². The number of allylic oxidation sites excluding steroid dienone is 1. The number of carbonyl (C=O) groups is 1. The summed E-state index contributed by atoms with van der Waals surface area (Å²) in [4.78, 5) is 11.7. The second-order valence-electron chi connectivity index (χ2n) is 6.59. The standard InChI is InChI=1S/C15H22O2/c1-9-5-4-6-15(3)8-13-11(7-12(9)15)10(2)14(16)17-13/h10-13H,1,4-8H2,2-3H3/t10-,11-,12+,13-,15-/m0/s1. The summed E-state index contributed by atoms with van der Waals surface area (Å²) in [6.07, 6.45) is 6.06. The van der Waals surface area contributed by atoms with E-state index in [0.717, 1.165) is 12.8 Å². The topological polar surface area (TPSA) is 26.3 Å². The van der Waals surface area contributed by atoms with Gasteiger partial charge in [0.05, 0.1) is 5.92 Å². The molecular formula is C15H22O2. The molecule has 17 heavy (non-hydrogen) atoms. The van der Waals surface area contributed by atoms with Gasteiger partial charge in [0.2, 0.25) is 0 Å². The summed E-state index contributed by atoms with van der Waals surface area (Å²) in [7, 11) is 0. The van der Waals surface area contributed by atoms with Gasteiger partial charge in [-0.3, -0.25) is 4.79 Å². The Bertz CT molecular complexity index is 373. The van der Waals surface area contributed by atoms with E-state index in [1.165, 1.54) is 24.8 Å². The van der Waals surface area contributed by atoms with Crippen LogP contribution in [-0.2, 0) is 9.53 Å². The Morgan fingerprint density at radius 1 is 1.47 bits per heavy atom. The summed E-state index contributed by atoms with van der Waals surface area (Å²) < 4.78 is 5.56. The molecule has 3 rings (SSSR count). The smallest absolute Gasteiger partial charge is 0.309 e. The lowest BCUT2D eigenvalue weighted by molar-refractivity contribution is -0.145. The summed E-state index contributed by atoms with van der Waals surface area (Å²) in [5.74, 6) is 1.18. The van der Waals surface area contributed by atoms with E-state index < -0.39 is 0 Å². The second-order valence-corrected chi connectivity index (χ2v) is 6.59. The van der Waals surface area contributed by atoms with Gasteiger partial charge in [-0.15, -0.1) is 0 Å². The van der Waals surface area contributed by atoms with Crippen LogP contribution >= 0.6 is 0 Å². The van der Waals surface area contributed by atoms with Crippen molar-refractivity contribution in [2.75, 3.05) is 0 Å². The van der Waals surface area contributed by atoms with Gasteiger partial charge >= 0.3 is 5.97 Å². The molecule has 0 radical (unpaired) electrons. The molecule has 0 N–H and O–H groups in total. The Kier molecular flexibility index (Phi) is 2.39. The molecule has 0 bridgehead atoms. The average Bonchev–Trinajstić information content (AvgIpc) is 2.52. The Labute approximate surface area is 103 Å². The van der Waals surface area contributed by atoms with Crippen molar-refractivity contribution in [2.45, 2.75) is 52.1 Å². The fraction of sp³-hybridized carbons (Fsp3) is 0.800. The third kappa shape index (κ3) is 1.56. The average molecular weight is 234 g/mol. The van der Waals surface area contributed by atoms with Crippen LogP contribution in [0, 0.1) is 23.2 Å². The maximum atomic E-state index is 11.7. The number of rotatable bonds is 0. The predicted octanol–water partition coefficient (Wildman–Crippen LogP) is 3.32.